The quantitative estimate of drug-likeness (QED) is 0.594. The summed E-state index contributed by atoms with van der Waals surface area (Å²) in [4.78, 5) is 12.9. The molecule has 4 heteroatoms. The van der Waals surface area contributed by atoms with E-state index in [-0.39, 0.29) is 6.09 Å². The van der Waals surface area contributed by atoms with E-state index in [0.29, 0.717) is 5.41 Å². The van der Waals surface area contributed by atoms with Gasteiger partial charge in [-0.2, -0.15) is 0 Å². The summed E-state index contributed by atoms with van der Waals surface area (Å²) in [5.74, 6) is 0. The summed E-state index contributed by atoms with van der Waals surface area (Å²) >= 11 is 0. The van der Waals surface area contributed by atoms with Gasteiger partial charge in [0.1, 0.15) is 0 Å². The van der Waals surface area contributed by atoms with Crippen molar-refractivity contribution in [3.8, 4) is 0 Å². The molecule has 2 heterocycles. The van der Waals surface area contributed by atoms with Crippen LogP contribution in [0, 0.1) is 5.41 Å². The molecule has 2 aliphatic rings. The smallest absolute Gasteiger partial charge is 0.409 e. The molecule has 1 amide bonds. The normalized spacial score (nSPS) is 25.5. The van der Waals surface area contributed by atoms with Crippen LogP contribution in [0.1, 0.15) is 12.8 Å². The number of ether oxygens (including phenoxy) is 1. The predicted octanol–water partition coefficient (Wildman–Crippen LogP) is 0.438. The molecule has 0 radical (unpaired) electrons. The molecule has 0 aliphatic carbocycles. The molecule has 1 N–H and O–H groups in total. The Morgan fingerprint density at radius 1 is 1.38 bits per heavy atom. The minimum Gasteiger partial charge on any atom is -0.453 e. The molecular formula is C9H16N2O2. The van der Waals surface area contributed by atoms with Crippen molar-refractivity contribution in [1.29, 1.82) is 0 Å². The van der Waals surface area contributed by atoms with Crippen LogP contribution in [0.3, 0.4) is 0 Å². The SMILES string of the molecule is COC(=O)N1CC2(CCNCC2)C1. The average molecular weight is 184 g/mol. The maximum atomic E-state index is 11.1. The van der Waals surface area contributed by atoms with Crippen molar-refractivity contribution in [1.82, 2.24) is 10.2 Å². The van der Waals surface area contributed by atoms with Crippen LogP contribution in [0.25, 0.3) is 0 Å². The van der Waals surface area contributed by atoms with Gasteiger partial charge in [-0.25, -0.2) is 4.79 Å². The summed E-state index contributed by atoms with van der Waals surface area (Å²) in [6, 6.07) is 0. The third-order valence-electron chi connectivity index (χ3n) is 3.15. The van der Waals surface area contributed by atoms with E-state index in [4.69, 9.17) is 0 Å². The van der Waals surface area contributed by atoms with Crippen LogP contribution in [0.5, 0.6) is 0 Å². The molecule has 0 aromatic rings. The second-order valence-electron chi connectivity index (χ2n) is 4.08. The number of likely N-dealkylation sites (tertiary alicyclic amines) is 1. The first-order valence-electron chi connectivity index (χ1n) is 4.79. The Bertz CT molecular complexity index is 204. The topological polar surface area (TPSA) is 41.6 Å². The van der Waals surface area contributed by atoms with Gasteiger partial charge in [0.05, 0.1) is 7.11 Å². The molecule has 0 bridgehead atoms. The lowest BCUT2D eigenvalue weighted by molar-refractivity contribution is -0.0159. The van der Waals surface area contributed by atoms with Crippen molar-refractivity contribution in [2.75, 3.05) is 33.3 Å². The first kappa shape index (κ1) is 8.81. The molecule has 74 valence electrons. The van der Waals surface area contributed by atoms with E-state index in [2.05, 4.69) is 10.1 Å². The fraction of sp³-hybridized carbons (Fsp3) is 0.889. The lowest BCUT2D eigenvalue weighted by atomic mass is 9.73. The molecule has 1 spiro atoms. The van der Waals surface area contributed by atoms with Gasteiger partial charge in [-0.15, -0.1) is 0 Å². The summed E-state index contributed by atoms with van der Waals surface area (Å²) in [5, 5.41) is 3.33. The van der Waals surface area contributed by atoms with E-state index >= 15 is 0 Å². The number of piperidine rings is 1. The van der Waals surface area contributed by atoms with Gasteiger partial charge in [0.2, 0.25) is 0 Å². The number of carbonyl (C=O) groups is 1. The van der Waals surface area contributed by atoms with E-state index in [1.165, 1.54) is 20.0 Å². The van der Waals surface area contributed by atoms with E-state index in [0.717, 1.165) is 26.2 Å². The molecule has 0 aromatic heterocycles. The van der Waals surface area contributed by atoms with Crippen molar-refractivity contribution >= 4 is 6.09 Å². The predicted molar refractivity (Wildman–Crippen MR) is 48.5 cm³/mol. The average Bonchev–Trinajstić information content (AvgIpc) is 2.14. The lowest BCUT2D eigenvalue weighted by Gasteiger charge is -2.51. The zero-order valence-electron chi connectivity index (χ0n) is 8.01. The molecule has 0 unspecified atom stereocenters. The number of carbonyl (C=O) groups excluding carboxylic acids is 1. The van der Waals surface area contributed by atoms with Crippen LogP contribution in [0.2, 0.25) is 0 Å². The van der Waals surface area contributed by atoms with Crippen LogP contribution in [-0.2, 0) is 4.74 Å². The summed E-state index contributed by atoms with van der Waals surface area (Å²) < 4.78 is 4.66. The summed E-state index contributed by atoms with van der Waals surface area (Å²) in [5.41, 5.74) is 0.416. The van der Waals surface area contributed by atoms with Gasteiger partial charge in [0.25, 0.3) is 0 Å². The molecule has 2 aliphatic heterocycles. The van der Waals surface area contributed by atoms with Gasteiger partial charge in [0, 0.05) is 18.5 Å². The van der Waals surface area contributed by atoms with Crippen LogP contribution in [0.15, 0.2) is 0 Å². The highest BCUT2D eigenvalue weighted by Gasteiger charge is 2.45. The van der Waals surface area contributed by atoms with Gasteiger partial charge in [-0.3, -0.25) is 0 Å². The second kappa shape index (κ2) is 3.18. The number of amides is 1. The van der Waals surface area contributed by atoms with Crippen LogP contribution >= 0.6 is 0 Å². The molecule has 0 saturated carbocycles. The highest BCUT2D eigenvalue weighted by Crippen LogP contribution is 2.38. The van der Waals surface area contributed by atoms with Crippen molar-refractivity contribution in [2.45, 2.75) is 12.8 Å². The maximum Gasteiger partial charge on any atom is 0.409 e. The van der Waals surface area contributed by atoms with Gasteiger partial charge < -0.3 is 15.0 Å². The number of nitrogens with one attached hydrogen (secondary N) is 1. The van der Waals surface area contributed by atoms with Crippen LogP contribution < -0.4 is 5.32 Å². The van der Waals surface area contributed by atoms with Crippen LogP contribution in [0.4, 0.5) is 4.79 Å². The van der Waals surface area contributed by atoms with Gasteiger partial charge >= 0.3 is 6.09 Å². The summed E-state index contributed by atoms with van der Waals surface area (Å²) in [6.45, 7) is 3.97. The largest absolute Gasteiger partial charge is 0.453 e. The Labute approximate surface area is 78.2 Å². The minimum absolute atomic E-state index is 0.177. The van der Waals surface area contributed by atoms with E-state index in [1.807, 2.05) is 0 Å². The summed E-state index contributed by atoms with van der Waals surface area (Å²) in [6.07, 6.45) is 2.21. The number of rotatable bonds is 0. The minimum atomic E-state index is -0.177. The Morgan fingerprint density at radius 2 is 2.00 bits per heavy atom. The third-order valence-corrected chi connectivity index (χ3v) is 3.15. The zero-order chi connectivity index (χ0) is 9.31. The van der Waals surface area contributed by atoms with Gasteiger partial charge in [-0.1, -0.05) is 0 Å². The molecule has 4 nitrogen and oxygen atoms in total. The molecule has 0 aromatic carbocycles. The maximum absolute atomic E-state index is 11.1. The fourth-order valence-corrected chi connectivity index (χ4v) is 2.29. The lowest BCUT2D eigenvalue weighted by Crippen LogP contribution is -2.61. The van der Waals surface area contributed by atoms with E-state index in [1.54, 1.807) is 4.90 Å². The molecule has 0 atom stereocenters. The first-order valence-corrected chi connectivity index (χ1v) is 4.79. The zero-order valence-corrected chi connectivity index (χ0v) is 8.01. The highest BCUT2D eigenvalue weighted by atomic mass is 16.5. The Kier molecular flexibility index (Phi) is 2.15. The third kappa shape index (κ3) is 1.50. The molecule has 2 rings (SSSR count). The van der Waals surface area contributed by atoms with Crippen molar-refractivity contribution in [2.24, 2.45) is 5.41 Å². The Morgan fingerprint density at radius 3 is 2.54 bits per heavy atom. The van der Waals surface area contributed by atoms with E-state index < -0.39 is 0 Å². The van der Waals surface area contributed by atoms with Crippen molar-refractivity contribution < 1.29 is 9.53 Å². The van der Waals surface area contributed by atoms with E-state index in [9.17, 15) is 4.79 Å². The Balaban J connectivity index is 1.85. The Hall–Kier alpha value is -0.770. The highest BCUT2D eigenvalue weighted by molar-refractivity contribution is 5.68. The van der Waals surface area contributed by atoms with Crippen molar-refractivity contribution in [3.63, 3.8) is 0 Å². The number of methoxy groups -OCH3 is 1. The van der Waals surface area contributed by atoms with Gasteiger partial charge in [0.15, 0.2) is 0 Å². The number of hydrogen-bond donors (Lipinski definition) is 1. The monoisotopic (exact) mass is 184 g/mol. The van der Waals surface area contributed by atoms with Crippen molar-refractivity contribution in [3.05, 3.63) is 0 Å². The van der Waals surface area contributed by atoms with Crippen LogP contribution in [-0.4, -0.2) is 44.3 Å². The molecular weight excluding hydrogens is 168 g/mol. The molecule has 2 fully saturated rings. The second-order valence-corrected chi connectivity index (χ2v) is 4.08. The standard InChI is InChI=1S/C9H16N2O2/c1-13-8(12)11-6-9(7-11)2-4-10-5-3-9/h10H,2-7H2,1H3. The molecule has 13 heavy (non-hydrogen) atoms. The molecule has 2 saturated heterocycles. The number of hydrogen-bond acceptors (Lipinski definition) is 3. The fourth-order valence-electron chi connectivity index (χ4n) is 2.29. The number of nitrogens with zero attached hydrogens (tertiary/aromatic N) is 1. The van der Waals surface area contributed by atoms with Gasteiger partial charge in [-0.05, 0) is 25.9 Å². The first-order chi connectivity index (χ1) is 6.26. The summed E-state index contributed by atoms with van der Waals surface area (Å²) in [7, 11) is 1.44.